The van der Waals surface area contributed by atoms with Gasteiger partial charge in [-0.2, -0.15) is 0 Å². The van der Waals surface area contributed by atoms with E-state index in [-0.39, 0.29) is 0 Å². The van der Waals surface area contributed by atoms with Gasteiger partial charge in [-0.05, 0) is 53.9 Å². The topological polar surface area (TPSA) is 0 Å². The summed E-state index contributed by atoms with van der Waals surface area (Å²) in [7, 11) is 0. The summed E-state index contributed by atoms with van der Waals surface area (Å²) in [6, 6.07) is 0. The van der Waals surface area contributed by atoms with Crippen LogP contribution in [-0.2, 0) is 0 Å². The fourth-order valence-electron chi connectivity index (χ4n) is 4.20. The van der Waals surface area contributed by atoms with Gasteiger partial charge in [0.2, 0.25) is 0 Å². The predicted molar refractivity (Wildman–Crippen MR) is 71.5 cm³/mol. The highest BCUT2D eigenvalue weighted by atomic mass is 32.2. The van der Waals surface area contributed by atoms with Crippen LogP contribution in [0.1, 0.15) is 46.5 Å². The Balaban J connectivity index is 2.00. The van der Waals surface area contributed by atoms with Crippen molar-refractivity contribution in [2.24, 2.45) is 16.7 Å². The number of hydrogen-bond donors (Lipinski definition) is 0. The fraction of sp³-hybridized carbons (Fsp3) is 1.00. The van der Waals surface area contributed by atoms with E-state index in [1.807, 2.05) is 0 Å². The van der Waals surface area contributed by atoms with E-state index in [9.17, 15) is 0 Å². The zero-order valence-electron chi connectivity index (χ0n) is 10.1. The van der Waals surface area contributed by atoms with Gasteiger partial charge in [-0.3, -0.25) is 0 Å². The fourth-order valence-corrected chi connectivity index (χ4v) is 8.45. The first kappa shape index (κ1) is 10.8. The molecule has 3 fully saturated rings. The molecule has 0 nitrogen and oxygen atoms in total. The molecule has 2 unspecified atom stereocenters. The monoisotopic (exact) mass is 242 g/mol. The van der Waals surface area contributed by atoms with Crippen LogP contribution in [0.2, 0.25) is 0 Å². The lowest BCUT2D eigenvalue weighted by molar-refractivity contribution is 0.148. The zero-order chi connectivity index (χ0) is 10.7. The number of hydrogen-bond acceptors (Lipinski definition) is 2. The molecule has 1 saturated heterocycles. The second-order valence-electron chi connectivity index (χ2n) is 6.30. The van der Waals surface area contributed by atoms with Crippen LogP contribution in [0.25, 0.3) is 0 Å². The quantitative estimate of drug-likeness (QED) is 0.617. The SMILES string of the molecule is CC1(C)C2CCC1(C)C1(C2)SCCCS1. The lowest BCUT2D eigenvalue weighted by Gasteiger charge is -2.49. The van der Waals surface area contributed by atoms with Crippen LogP contribution in [0.4, 0.5) is 0 Å². The molecule has 2 aliphatic carbocycles. The summed E-state index contributed by atoms with van der Waals surface area (Å²) in [4.78, 5) is 0. The molecular weight excluding hydrogens is 220 g/mol. The molecule has 1 heterocycles. The van der Waals surface area contributed by atoms with Crippen molar-refractivity contribution in [2.45, 2.75) is 50.5 Å². The van der Waals surface area contributed by atoms with E-state index >= 15 is 0 Å². The summed E-state index contributed by atoms with van der Waals surface area (Å²) in [5.74, 6) is 3.82. The van der Waals surface area contributed by atoms with Crippen molar-refractivity contribution in [3.63, 3.8) is 0 Å². The van der Waals surface area contributed by atoms with Gasteiger partial charge in [0.05, 0.1) is 4.08 Å². The molecule has 1 spiro atoms. The van der Waals surface area contributed by atoms with Gasteiger partial charge < -0.3 is 0 Å². The van der Waals surface area contributed by atoms with Crippen molar-refractivity contribution in [2.75, 3.05) is 11.5 Å². The summed E-state index contributed by atoms with van der Waals surface area (Å²) >= 11 is 4.60. The smallest absolute Gasteiger partial charge is 0.0672 e. The van der Waals surface area contributed by atoms with Crippen LogP contribution >= 0.6 is 23.5 Å². The number of thioether (sulfide) groups is 2. The first-order chi connectivity index (χ1) is 7.02. The lowest BCUT2D eigenvalue weighted by atomic mass is 9.70. The van der Waals surface area contributed by atoms with Crippen molar-refractivity contribution in [1.29, 1.82) is 0 Å². The predicted octanol–water partition coefficient (Wildman–Crippen LogP) is 4.40. The van der Waals surface area contributed by atoms with Gasteiger partial charge in [-0.1, -0.05) is 20.8 Å². The zero-order valence-corrected chi connectivity index (χ0v) is 11.8. The molecule has 2 heteroatoms. The standard InChI is InChI=1S/C13H22S2/c1-11(2)10-5-6-12(11,3)13(9-10)14-7-4-8-15-13/h10H,4-9H2,1-3H3. The van der Waals surface area contributed by atoms with Crippen LogP contribution < -0.4 is 0 Å². The Morgan fingerprint density at radius 2 is 1.73 bits per heavy atom. The largest absolute Gasteiger partial charge is 0.144 e. The average Bonchev–Trinajstić information content (AvgIpc) is 2.51. The van der Waals surface area contributed by atoms with Crippen LogP contribution in [0.3, 0.4) is 0 Å². The molecular formula is C13H22S2. The van der Waals surface area contributed by atoms with Crippen LogP contribution in [0.5, 0.6) is 0 Å². The van der Waals surface area contributed by atoms with Crippen molar-refractivity contribution in [3.8, 4) is 0 Å². The third-order valence-electron chi connectivity index (χ3n) is 5.75. The van der Waals surface area contributed by atoms with Gasteiger partial charge in [-0.25, -0.2) is 0 Å². The first-order valence-electron chi connectivity index (χ1n) is 6.30. The lowest BCUT2D eigenvalue weighted by Crippen LogP contribution is -2.44. The number of fused-ring (bicyclic) bond motifs is 3. The Kier molecular flexibility index (Phi) is 2.26. The van der Waals surface area contributed by atoms with Gasteiger partial charge in [0, 0.05) is 0 Å². The maximum Gasteiger partial charge on any atom is 0.0672 e. The Bertz CT molecular complexity index is 278. The minimum absolute atomic E-state index is 0.588. The molecule has 0 radical (unpaired) electrons. The molecule has 2 saturated carbocycles. The molecule has 0 aromatic heterocycles. The van der Waals surface area contributed by atoms with E-state index in [0.717, 1.165) is 5.92 Å². The number of rotatable bonds is 0. The van der Waals surface area contributed by atoms with E-state index in [0.29, 0.717) is 14.9 Å². The van der Waals surface area contributed by atoms with Gasteiger partial charge in [0.25, 0.3) is 0 Å². The van der Waals surface area contributed by atoms with Gasteiger partial charge in [0.15, 0.2) is 0 Å². The van der Waals surface area contributed by atoms with E-state index < -0.39 is 0 Å². The molecule has 0 aromatic carbocycles. The van der Waals surface area contributed by atoms with E-state index in [2.05, 4.69) is 44.3 Å². The molecule has 0 N–H and O–H groups in total. The third kappa shape index (κ3) is 1.14. The van der Waals surface area contributed by atoms with Gasteiger partial charge in [-0.15, -0.1) is 23.5 Å². The first-order valence-corrected chi connectivity index (χ1v) is 8.27. The summed E-state index contributed by atoms with van der Waals surface area (Å²) in [6.45, 7) is 7.66. The minimum atomic E-state index is 0.588. The molecule has 3 rings (SSSR count). The molecule has 2 bridgehead atoms. The van der Waals surface area contributed by atoms with Crippen LogP contribution in [0, 0.1) is 16.7 Å². The van der Waals surface area contributed by atoms with Crippen molar-refractivity contribution < 1.29 is 0 Å². The van der Waals surface area contributed by atoms with Gasteiger partial charge >= 0.3 is 0 Å². The highest BCUT2D eigenvalue weighted by Gasteiger charge is 2.69. The van der Waals surface area contributed by atoms with Crippen molar-refractivity contribution in [3.05, 3.63) is 0 Å². The summed E-state index contributed by atoms with van der Waals surface area (Å²) in [5, 5.41) is 0. The third-order valence-corrected chi connectivity index (χ3v) is 9.61. The van der Waals surface area contributed by atoms with E-state index in [1.54, 1.807) is 0 Å². The second kappa shape index (κ2) is 3.13. The molecule has 2 atom stereocenters. The maximum absolute atomic E-state index is 2.59. The second-order valence-corrected chi connectivity index (χ2v) is 9.34. The normalized spacial score (nSPS) is 46.2. The summed E-state index contributed by atoms with van der Waals surface area (Å²) < 4.78 is 0.595. The van der Waals surface area contributed by atoms with Crippen molar-refractivity contribution in [1.82, 2.24) is 0 Å². The molecule has 0 amide bonds. The van der Waals surface area contributed by atoms with Crippen molar-refractivity contribution >= 4 is 23.5 Å². The molecule has 1 aliphatic heterocycles. The molecule has 15 heavy (non-hydrogen) atoms. The highest BCUT2D eigenvalue weighted by Crippen LogP contribution is 2.77. The van der Waals surface area contributed by atoms with Gasteiger partial charge in [0.1, 0.15) is 0 Å². The minimum Gasteiger partial charge on any atom is -0.144 e. The molecule has 0 aromatic rings. The van der Waals surface area contributed by atoms with E-state index in [1.165, 1.54) is 37.2 Å². The Morgan fingerprint density at radius 3 is 2.20 bits per heavy atom. The Labute approximate surface area is 102 Å². The Morgan fingerprint density at radius 1 is 1.07 bits per heavy atom. The Hall–Kier alpha value is 0.700. The van der Waals surface area contributed by atoms with E-state index in [4.69, 9.17) is 0 Å². The summed E-state index contributed by atoms with van der Waals surface area (Å²) in [6.07, 6.45) is 5.89. The average molecular weight is 242 g/mol. The summed E-state index contributed by atoms with van der Waals surface area (Å²) in [5.41, 5.74) is 1.19. The maximum atomic E-state index is 2.59. The molecule has 86 valence electrons. The van der Waals surface area contributed by atoms with Crippen LogP contribution in [0.15, 0.2) is 0 Å². The highest BCUT2D eigenvalue weighted by molar-refractivity contribution is 8.18. The van der Waals surface area contributed by atoms with Crippen LogP contribution in [-0.4, -0.2) is 15.6 Å². The molecule has 3 aliphatic rings.